The Bertz CT molecular complexity index is 500. The Balaban J connectivity index is 2.69. The summed E-state index contributed by atoms with van der Waals surface area (Å²) >= 11 is 5.38. The van der Waals surface area contributed by atoms with Crippen LogP contribution in [-0.4, -0.2) is 26.0 Å². The molecule has 1 amide bonds. The highest BCUT2D eigenvalue weighted by Gasteiger charge is 2.09. The number of sulfonamides is 1. The summed E-state index contributed by atoms with van der Waals surface area (Å²) in [6.07, 6.45) is 0.393. The van der Waals surface area contributed by atoms with E-state index < -0.39 is 10.0 Å². The monoisotopic (exact) mass is 290 g/mol. The fraction of sp³-hybridized carbons (Fsp3) is 0.364. The second-order valence-electron chi connectivity index (χ2n) is 3.59. The first-order valence-corrected chi connectivity index (χ1v) is 7.62. The van der Waals surface area contributed by atoms with Crippen LogP contribution in [0.4, 0.5) is 11.4 Å². The maximum absolute atomic E-state index is 11.4. The zero-order valence-electron chi connectivity index (χ0n) is 9.94. The molecule has 0 heterocycles. The molecule has 0 aliphatic carbocycles. The molecule has 0 aliphatic heterocycles. The van der Waals surface area contributed by atoms with E-state index >= 15 is 0 Å². The number of nitrogens with one attached hydrogen (secondary N) is 2. The van der Waals surface area contributed by atoms with Gasteiger partial charge in [0.05, 0.1) is 5.75 Å². The van der Waals surface area contributed by atoms with Gasteiger partial charge in [-0.2, -0.15) is 0 Å². The average molecular weight is 291 g/mol. The van der Waals surface area contributed by atoms with Gasteiger partial charge in [0.1, 0.15) is 0 Å². The number of amides is 1. The Kier molecular flexibility index (Phi) is 5.43. The summed E-state index contributed by atoms with van der Waals surface area (Å²) in [6, 6.07) is 6.42. The first-order valence-electron chi connectivity index (χ1n) is 5.43. The first-order chi connectivity index (χ1) is 8.46. The van der Waals surface area contributed by atoms with Crippen LogP contribution < -0.4 is 10.0 Å². The van der Waals surface area contributed by atoms with Gasteiger partial charge >= 0.3 is 0 Å². The minimum absolute atomic E-state index is 0.0416. The van der Waals surface area contributed by atoms with E-state index in [0.717, 1.165) is 0 Å². The highest BCUT2D eigenvalue weighted by atomic mass is 35.5. The SMILES string of the molecule is CCC(=O)Nc1ccc(NS(=O)(=O)CCCl)cc1. The third-order valence-electron chi connectivity index (χ3n) is 2.11. The molecule has 0 aromatic heterocycles. The summed E-state index contributed by atoms with van der Waals surface area (Å²) in [7, 11) is -3.39. The van der Waals surface area contributed by atoms with Crippen molar-refractivity contribution in [2.75, 3.05) is 21.7 Å². The molecule has 18 heavy (non-hydrogen) atoms. The lowest BCUT2D eigenvalue weighted by Crippen LogP contribution is -2.17. The second kappa shape index (κ2) is 6.61. The molecule has 0 fully saturated rings. The quantitative estimate of drug-likeness (QED) is 0.787. The Hall–Kier alpha value is -1.27. The van der Waals surface area contributed by atoms with Gasteiger partial charge in [0.25, 0.3) is 0 Å². The van der Waals surface area contributed by atoms with Gasteiger partial charge in [-0.3, -0.25) is 9.52 Å². The van der Waals surface area contributed by atoms with E-state index in [4.69, 9.17) is 11.6 Å². The number of carbonyl (C=O) groups excluding carboxylic acids is 1. The summed E-state index contributed by atoms with van der Waals surface area (Å²) in [5.41, 5.74) is 1.07. The molecule has 1 aromatic rings. The highest BCUT2D eigenvalue weighted by Crippen LogP contribution is 2.15. The van der Waals surface area contributed by atoms with Crippen molar-refractivity contribution >= 4 is 38.9 Å². The number of anilines is 2. The van der Waals surface area contributed by atoms with Crippen LogP contribution in [0.5, 0.6) is 0 Å². The van der Waals surface area contributed by atoms with Crippen molar-refractivity contribution in [1.82, 2.24) is 0 Å². The predicted molar refractivity (Wildman–Crippen MR) is 73.5 cm³/mol. The summed E-state index contributed by atoms with van der Waals surface area (Å²) in [5, 5.41) is 2.67. The molecule has 7 heteroatoms. The van der Waals surface area contributed by atoms with E-state index in [1.165, 1.54) is 0 Å². The van der Waals surface area contributed by atoms with Gasteiger partial charge in [-0.1, -0.05) is 6.92 Å². The lowest BCUT2D eigenvalue weighted by Gasteiger charge is -2.08. The van der Waals surface area contributed by atoms with Crippen LogP contribution in [-0.2, 0) is 14.8 Å². The normalized spacial score (nSPS) is 11.0. The Morgan fingerprint density at radius 1 is 1.22 bits per heavy atom. The van der Waals surface area contributed by atoms with Crippen LogP contribution >= 0.6 is 11.6 Å². The molecule has 1 rings (SSSR count). The zero-order chi connectivity index (χ0) is 13.6. The largest absolute Gasteiger partial charge is 0.326 e. The van der Waals surface area contributed by atoms with Gasteiger partial charge in [0.15, 0.2) is 0 Å². The van der Waals surface area contributed by atoms with Gasteiger partial charge in [-0.05, 0) is 24.3 Å². The smallest absolute Gasteiger partial charge is 0.233 e. The zero-order valence-corrected chi connectivity index (χ0v) is 11.5. The molecule has 0 unspecified atom stereocenters. The van der Waals surface area contributed by atoms with Crippen LogP contribution in [0, 0.1) is 0 Å². The van der Waals surface area contributed by atoms with E-state index in [1.54, 1.807) is 31.2 Å². The van der Waals surface area contributed by atoms with Crippen molar-refractivity contribution in [2.45, 2.75) is 13.3 Å². The van der Waals surface area contributed by atoms with E-state index in [9.17, 15) is 13.2 Å². The van der Waals surface area contributed by atoms with Crippen LogP contribution in [0.3, 0.4) is 0 Å². The minimum Gasteiger partial charge on any atom is -0.326 e. The van der Waals surface area contributed by atoms with Gasteiger partial charge in [0, 0.05) is 23.7 Å². The third kappa shape index (κ3) is 4.93. The second-order valence-corrected chi connectivity index (χ2v) is 5.81. The molecule has 0 bridgehead atoms. The topological polar surface area (TPSA) is 75.3 Å². The number of hydrogen-bond donors (Lipinski definition) is 2. The third-order valence-corrected chi connectivity index (χ3v) is 3.81. The lowest BCUT2D eigenvalue weighted by atomic mass is 10.3. The number of halogens is 1. The van der Waals surface area contributed by atoms with E-state index in [1.807, 2.05) is 0 Å². The van der Waals surface area contributed by atoms with E-state index in [-0.39, 0.29) is 17.5 Å². The van der Waals surface area contributed by atoms with Crippen LogP contribution in [0.1, 0.15) is 13.3 Å². The standard InChI is InChI=1S/C11H15ClN2O3S/c1-2-11(15)13-9-3-5-10(6-4-9)14-18(16,17)8-7-12/h3-6,14H,2,7-8H2,1H3,(H,13,15). The molecule has 100 valence electrons. The van der Waals surface area contributed by atoms with Crippen molar-refractivity contribution in [2.24, 2.45) is 0 Å². The molecule has 0 saturated carbocycles. The maximum atomic E-state index is 11.4. The summed E-state index contributed by atoms with van der Waals surface area (Å²) in [6.45, 7) is 1.75. The fourth-order valence-electron chi connectivity index (χ4n) is 1.20. The van der Waals surface area contributed by atoms with Crippen molar-refractivity contribution in [3.05, 3.63) is 24.3 Å². The Labute approximate surface area is 112 Å². The number of rotatable bonds is 6. The average Bonchev–Trinajstić information content (AvgIpc) is 2.31. The first kappa shape index (κ1) is 14.8. The van der Waals surface area contributed by atoms with Gasteiger partial charge < -0.3 is 5.32 Å². The van der Waals surface area contributed by atoms with Crippen LogP contribution in [0.25, 0.3) is 0 Å². The molecule has 0 spiro atoms. The van der Waals surface area contributed by atoms with Crippen molar-refractivity contribution in [1.29, 1.82) is 0 Å². The fourth-order valence-corrected chi connectivity index (χ4v) is 2.61. The minimum atomic E-state index is -3.39. The van der Waals surface area contributed by atoms with Crippen LogP contribution in [0.2, 0.25) is 0 Å². The van der Waals surface area contributed by atoms with Crippen LogP contribution in [0.15, 0.2) is 24.3 Å². The molecule has 1 aromatic carbocycles. The molecule has 2 N–H and O–H groups in total. The van der Waals surface area contributed by atoms with Gasteiger partial charge in [0.2, 0.25) is 15.9 Å². The van der Waals surface area contributed by atoms with Gasteiger partial charge in [-0.15, -0.1) is 11.6 Å². The van der Waals surface area contributed by atoms with Gasteiger partial charge in [-0.25, -0.2) is 8.42 Å². The maximum Gasteiger partial charge on any atom is 0.233 e. The molecular formula is C11H15ClN2O3S. The number of alkyl halides is 1. The summed E-state index contributed by atoms with van der Waals surface area (Å²) < 4.78 is 25.3. The molecule has 0 radical (unpaired) electrons. The predicted octanol–water partition coefficient (Wildman–Crippen LogP) is 2.02. The van der Waals surface area contributed by atoms with Crippen molar-refractivity contribution in [3.63, 3.8) is 0 Å². The number of hydrogen-bond acceptors (Lipinski definition) is 3. The number of carbonyl (C=O) groups is 1. The lowest BCUT2D eigenvalue weighted by molar-refractivity contribution is -0.115. The molecule has 0 saturated heterocycles. The Morgan fingerprint density at radius 2 is 1.78 bits per heavy atom. The molecule has 5 nitrogen and oxygen atoms in total. The van der Waals surface area contributed by atoms with E-state index in [2.05, 4.69) is 10.0 Å². The summed E-state index contributed by atoms with van der Waals surface area (Å²) in [5.74, 6) is -0.187. The Morgan fingerprint density at radius 3 is 2.28 bits per heavy atom. The van der Waals surface area contributed by atoms with Crippen molar-refractivity contribution < 1.29 is 13.2 Å². The highest BCUT2D eigenvalue weighted by molar-refractivity contribution is 7.92. The molecule has 0 aliphatic rings. The molecular weight excluding hydrogens is 276 g/mol. The molecule has 0 atom stereocenters. The van der Waals surface area contributed by atoms with Crippen molar-refractivity contribution in [3.8, 4) is 0 Å². The van der Waals surface area contributed by atoms with E-state index in [0.29, 0.717) is 17.8 Å². The summed E-state index contributed by atoms with van der Waals surface area (Å²) in [4.78, 5) is 11.1. The number of benzene rings is 1.